The number of hydrogen-bond donors (Lipinski definition) is 2. The van der Waals surface area contributed by atoms with Crippen LogP contribution in [0.15, 0.2) is 18.2 Å². The molecule has 0 saturated carbocycles. The summed E-state index contributed by atoms with van der Waals surface area (Å²) in [5.74, 6) is 0. The number of aromatic amines is 1. The molecule has 6 heteroatoms. The molecule has 0 spiro atoms. The Morgan fingerprint density at radius 3 is 2.83 bits per heavy atom. The largest absolute Gasteiger partial charge is 0.465 e. The fourth-order valence-electron chi connectivity index (χ4n) is 3.26. The maximum Gasteiger partial charge on any atom is 0.407 e. The van der Waals surface area contributed by atoms with Crippen LogP contribution in [0.1, 0.15) is 30.9 Å². The topological polar surface area (TPSA) is 65.6 Å². The summed E-state index contributed by atoms with van der Waals surface area (Å²) in [6.45, 7) is 3.85. The molecule has 23 heavy (non-hydrogen) atoms. The lowest BCUT2D eigenvalue weighted by molar-refractivity contribution is 0.0332. The lowest BCUT2D eigenvalue weighted by Gasteiger charge is -2.32. The Bertz CT molecular complexity index is 707. The highest BCUT2D eigenvalue weighted by atomic mass is 127. The van der Waals surface area contributed by atoms with Crippen LogP contribution in [0.4, 0.5) is 4.79 Å². The third-order valence-corrected chi connectivity index (χ3v) is 5.42. The summed E-state index contributed by atoms with van der Waals surface area (Å²) < 4.78 is 6.50. The van der Waals surface area contributed by atoms with E-state index in [2.05, 4.69) is 46.6 Å². The number of H-pyrrole nitrogens is 1. The second-order valence-corrected chi connectivity index (χ2v) is 6.98. The standard InChI is InChI=1S/C17H21IN2O3/c1-2-13-14-4-3-11(9-15(14)19-16(13)18)10-20(17(21)22)12-5-7-23-8-6-12/h3-4,9,12,19H,2,5-8,10H2,1H3,(H,21,22). The van der Waals surface area contributed by atoms with Crippen LogP contribution in [0, 0.1) is 3.70 Å². The van der Waals surface area contributed by atoms with Crippen LogP contribution in [0.3, 0.4) is 0 Å². The molecule has 2 aromatic rings. The molecule has 0 bridgehead atoms. The quantitative estimate of drug-likeness (QED) is 0.724. The van der Waals surface area contributed by atoms with E-state index in [1.165, 1.54) is 10.9 Å². The number of amides is 1. The fraction of sp³-hybridized carbons (Fsp3) is 0.471. The minimum atomic E-state index is -0.854. The number of halogens is 1. The van der Waals surface area contributed by atoms with Gasteiger partial charge in [-0.25, -0.2) is 4.79 Å². The molecule has 0 atom stereocenters. The predicted octanol–water partition coefficient (Wildman–Crippen LogP) is 3.99. The second kappa shape index (κ2) is 7.09. The third-order valence-electron chi connectivity index (χ3n) is 4.50. The van der Waals surface area contributed by atoms with Crippen LogP contribution in [-0.2, 0) is 17.7 Å². The highest BCUT2D eigenvalue weighted by Gasteiger charge is 2.25. The molecule has 1 amide bonds. The number of fused-ring (bicyclic) bond motifs is 1. The van der Waals surface area contributed by atoms with Crippen molar-refractivity contribution in [3.8, 4) is 0 Å². The van der Waals surface area contributed by atoms with Gasteiger partial charge in [0, 0.05) is 36.7 Å². The van der Waals surface area contributed by atoms with Gasteiger partial charge in [0.2, 0.25) is 0 Å². The van der Waals surface area contributed by atoms with Crippen molar-refractivity contribution in [2.75, 3.05) is 13.2 Å². The zero-order valence-electron chi connectivity index (χ0n) is 13.1. The number of carboxylic acid groups (broad SMARTS) is 1. The summed E-state index contributed by atoms with van der Waals surface area (Å²) in [5, 5.41) is 10.8. The highest BCUT2D eigenvalue weighted by Crippen LogP contribution is 2.26. The first-order valence-corrected chi connectivity index (χ1v) is 9.04. The van der Waals surface area contributed by atoms with Crippen molar-refractivity contribution in [1.29, 1.82) is 0 Å². The normalized spacial score (nSPS) is 15.9. The number of ether oxygens (including phenoxy) is 1. The Balaban J connectivity index is 1.85. The Hall–Kier alpha value is -1.28. The van der Waals surface area contributed by atoms with E-state index in [0.29, 0.717) is 19.8 Å². The summed E-state index contributed by atoms with van der Waals surface area (Å²) in [7, 11) is 0. The van der Waals surface area contributed by atoms with Gasteiger partial charge in [-0.3, -0.25) is 0 Å². The van der Waals surface area contributed by atoms with E-state index >= 15 is 0 Å². The molecule has 0 unspecified atom stereocenters. The summed E-state index contributed by atoms with van der Waals surface area (Å²) in [4.78, 5) is 16.6. The molecule has 2 N–H and O–H groups in total. The first-order chi connectivity index (χ1) is 11.1. The number of carbonyl (C=O) groups is 1. The molecule has 2 heterocycles. The maximum absolute atomic E-state index is 11.6. The van der Waals surface area contributed by atoms with Crippen molar-refractivity contribution in [2.24, 2.45) is 0 Å². The van der Waals surface area contributed by atoms with Gasteiger partial charge in [-0.2, -0.15) is 0 Å². The zero-order valence-corrected chi connectivity index (χ0v) is 15.3. The number of nitrogens with zero attached hydrogens (tertiary/aromatic N) is 1. The van der Waals surface area contributed by atoms with Gasteiger partial charge in [-0.1, -0.05) is 19.1 Å². The molecule has 1 aliphatic heterocycles. The lowest BCUT2D eigenvalue weighted by Crippen LogP contribution is -2.42. The molecule has 124 valence electrons. The van der Waals surface area contributed by atoms with Gasteiger partial charge >= 0.3 is 6.09 Å². The van der Waals surface area contributed by atoms with Gasteiger partial charge < -0.3 is 19.7 Å². The summed E-state index contributed by atoms with van der Waals surface area (Å²) in [5.41, 5.74) is 3.43. The first kappa shape index (κ1) is 16.6. The van der Waals surface area contributed by atoms with Crippen molar-refractivity contribution in [2.45, 2.75) is 38.8 Å². The van der Waals surface area contributed by atoms with Crippen LogP contribution in [0.25, 0.3) is 10.9 Å². The maximum atomic E-state index is 11.6. The van der Waals surface area contributed by atoms with Gasteiger partial charge in [-0.05, 0) is 59.0 Å². The number of hydrogen-bond acceptors (Lipinski definition) is 2. The minimum absolute atomic E-state index is 0.0481. The van der Waals surface area contributed by atoms with Gasteiger partial charge in [0.25, 0.3) is 0 Å². The molecule has 1 aromatic carbocycles. The van der Waals surface area contributed by atoms with Crippen LogP contribution < -0.4 is 0 Å². The minimum Gasteiger partial charge on any atom is -0.465 e. The van der Waals surface area contributed by atoms with Gasteiger partial charge in [0.05, 0.1) is 3.70 Å². The van der Waals surface area contributed by atoms with E-state index in [0.717, 1.165) is 34.0 Å². The Morgan fingerprint density at radius 1 is 1.43 bits per heavy atom. The van der Waals surface area contributed by atoms with Crippen LogP contribution in [0.5, 0.6) is 0 Å². The molecule has 1 fully saturated rings. The second-order valence-electron chi connectivity index (χ2n) is 5.91. The Labute approximate surface area is 149 Å². The van der Waals surface area contributed by atoms with Gasteiger partial charge in [-0.15, -0.1) is 0 Å². The van der Waals surface area contributed by atoms with E-state index < -0.39 is 6.09 Å². The monoisotopic (exact) mass is 428 g/mol. The molecule has 1 aromatic heterocycles. The Kier molecular flexibility index (Phi) is 5.11. The van der Waals surface area contributed by atoms with E-state index in [1.54, 1.807) is 4.90 Å². The zero-order chi connectivity index (χ0) is 16.4. The van der Waals surface area contributed by atoms with E-state index in [9.17, 15) is 9.90 Å². The van der Waals surface area contributed by atoms with E-state index in [4.69, 9.17) is 4.74 Å². The van der Waals surface area contributed by atoms with Crippen molar-refractivity contribution in [1.82, 2.24) is 9.88 Å². The third kappa shape index (κ3) is 3.47. The molecule has 5 nitrogen and oxygen atoms in total. The van der Waals surface area contributed by atoms with E-state index in [1.807, 2.05) is 6.07 Å². The molecule has 0 aliphatic carbocycles. The highest BCUT2D eigenvalue weighted by molar-refractivity contribution is 14.1. The van der Waals surface area contributed by atoms with Crippen LogP contribution >= 0.6 is 22.6 Å². The summed E-state index contributed by atoms with van der Waals surface area (Å²) in [6, 6.07) is 6.27. The average molecular weight is 428 g/mol. The molecule has 3 rings (SSSR count). The first-order valence-electron chi connectivity index (χ1n) is 7.96. The van der Waals surface area contributed by atoms with Crippen molar-refractivity contribution >= 4 is 39.6 Å². The van der Waals surface area contributed by atoms with Crippen molar-refractivity contribution in [3.63, 3.8) is 0 Å². The molecule has 1 saturated heterocycles. The molecule has 1 aliphatic rings. The number of rotatable bonds is 4. The summed E-state index contributed by atoms with van der Waals surface area (Å²) >= 11 is 2.32. The molecule has 0 radical (unpaired) electrons. The fourth-order valence-corrected chi connectivity index (χ4v) is 4.22. The number of benzene rings is 1. The number of aromatic nitrogens is 1. The van der Waals surface area contributed by atoms with Gasteiger partial charge in [0.15, 0.2) is 0 Å². The Morgan fingerprint density at radius 2 is 2.17 bits per heavy atom. The van der Waals surface area contributed by atoms with E-state index in [-0.39, 0.29) is 6.04 Å². The SMILES string of the molecule is CCc1c(I)[nH]c2cc(CN(C(=O)O)C3CCOCC3)ccc12. The van der Waals surface area contributed by atoms with Gasteiger partial charge in [0.1, 0.15) is 0 Å². The average Bonchev–Trinajstić information content (AvgIpc) is 2.87. The molecular formula is C17H21IN2O3. The molecular weight excluding hydrogens is 407 g/mol. The van der Waals surface area contributed by atoms with Crippen LogP contribution in [-0.4, -0.2) is 40.3 Å². The lowest BCUT2D eigenvalue weighted by atomic mass is 10.0. The smallest absolute Gasteiger partial charge is 0.407 e. The predicted molar refractivity (Wildman–Crippen MR) is 97.8 cm³/mol. The van der Waals surface area contributed by atoms with Crippen LogP contribution in [0.2, 0.25) is 0 Å². The number of aryl methyl sites for hydroxylation is 1. The van der Waals surface area contributed by atoms with Crippen molar-refractivity contribution < 1.29 is 14.6 Å². The van der Waals surface area contributed by atoms with Crippen molar-refractivity contribution in [3.05, 3.63) is 33.0 Å². The summed E-state index contributed by atoms with van der Waals surface area (Å²) in [6.07, 6.45) is 1.68. The number of nitrogens with one attached hydrogen (secondary N) is 1.